The number of aliphatic hydroxyl groups is 1. The third-order valence-corrected chi connectivity index (χ3v) is 7.58. The second-order valence-electron chi connectivity index (χ2n) is 10.1. The SMILES string of the molecule is CCC(CC)(c1ccc(C=CC(O)(C(F)(F)F)C(F)(F)F)c(C)c1)c1ccc(OCCCCc2nnn[nH]2)c(C)c1. The number of aromatic nitrogens is 4. The molecule has 2 N–H and O–H groups in total. The van der Waals surface area contributed by atoms with Crippen molar-refractivity contribution in [3.63, 3.8) is 0 Å². The van der Waals surface area contributed by atoms with Gasteiger partial charge in [0.1, 0.15) is 11.6 Å². The number of hydrogen-bond acceptors (Lipinski definition) is 5. The predicted octanol–water partition coefficient (Wildman–Crippen LogP) is 7.19. The minimum absolute atomic E-state index is 0.140. The number of nitrogens with zero attached hydrogens (tertiary/aromatic N) is 3. The van der Waals surface area contributed by atoms with Crippen molar-refractivity contribution in [3.05, 3.63) is 76.1 Å². The van der Waals surface area contributed by atoms with E-state index in [-0.39, 0.29) is 11.6 Å². The minimum atomic E-state index is -5.92. The highest BCUT2D eigenvalue weighted by Gasteiger charge is 2.68. The van der Waals surface area contributed by atoms with Crippen LogP contribution in [0, 0.1) is 13.8 Å². The molecule has 0 atom stereocenters. The molecular formula is C29H34F6N4O2. The van der Waals surface area contributed by atoms with Crippen LogP contribution in [0.4, 0.5) is 26.3 Å². The number of tetrazole rings is 1. The Hall–Kier alpha value is -3.41. The van der Waals surface area contributed by atoms with E-state index in [4.69, 9.17) is 4.74 Å². The average Bonchev–Trinajstić information content (AvgIpc) is 3.42. The number of aryl methyl sites for hydroxylation is 3. The van der Waals surface area contributed by atoms with Gasteiger partial charge in [0.25, 0.3) is 5.60 Å². The number of ether oxygens (including phenoxy) is 1. The molecule has 0 bridgehead atoms. The van der Waals surface area contributed by atoms with Crippen molar-refractivity contribution in [1.82, 2.24) is 20.6 Å². The van der Waals surface area contributed by atoms with Gasteiger partial charge in [0.05, 0.1) is 6.61 Å². The summed E-state index contributed by atoms with van der Waals surface area (Å²) in [5, 5.41) is 23.1. The molecule has 6 nitrogen and oxygen atoms in total. The number of aromatic amines is 1. The number of unbranched alkanes of at least 4 members (excludes halogenated alkanes) is 1. The van der Waals surface area contributed by atoms with Gasteiger partial charge in [0.2, 0.25) is 0 Å². The fraction of sp³-hybridized carbons (Fsp3) is 0.483. The second kappa shape index (κ2) is 12.6. The number of hydrogen-bond donors (Lipinski definition) is 2. The lowest BCUT2D eigenvalue weighted by molar-refractivity contribution is -0.347. The summed E-state index contributed by atoms with van der Waals surface area (Å²) in [6.07, 6.45) is -7.60. The molecule has 3 rings (SSSR count). The maximum absolute atomic E-state index is 13.1. The zero-order valence-electron chi connectivity index (χ0n) is 23.3. The first-order valence-corrected chi connectivity index (χ1v) is 13.3. The summed E-state index contributed by atoms with van der Waals surface area (Å²) >= 11 is 0. The summed E-state index contributed by atoms with van der Waals surface area (Å²) in [5.41, 5.74) is -1.92. The fourth-order valence-corrected chi connectivity index (χ4v) is 4.92. The largest absolute Gasteiger partial charge is 0.493 e. The molecule has 0 aliphatic rings. The molecule has 41 heavy (non-hydrogen) atoms. The van der Waals surface area contributed by atoms with Crippen LogP contribution in [0.2, 0.25) is 0 Å². The van der Waals surface area contributed by atoms with Gasteiger partial charge in [-0.15, -0.1) is 5.10 Å². The van der Waals surface area contributed by atoms with Gasteiger partial charge in [0, 0.05) is 11.8 Å². The van der Waals surface area contributed by atoms with Crippen LogP contribution in [0.1, 0.15) is 73.2 Å². The van der Waals surface area contributed by atoms with Crippen LogP contribution in [0.5, 0.6) is 5.75 Å². The monoisotopic (exact) mass is 584 g/mol. The minimum Gasteiger partial charge on any atom is -0.493 e. The Morgan fingerprint density at radius 1 is 0.878 bits per heavy atom. The number of halogens is 6. The quantitative estimate of drug-likeness (QED) is 0.174. The first-order valence-electron chi connectivity index (χ1n) is 13.3. The van der Waals surface area contributed by atoms with E-state index in [1.807, 2.05) is 32.9 Å². The van der Waals surface area contributed by atoms with Crippen molar-refractivity contribution in [3.8, 4) is 5.75 Å². The molecule has 0 unspecified atom stereocenters. The molecule has 3 aromatic rings. The van der Waals surface area contributed by atoms with Crippen LogP contribution in [0.15, 0.2) is 42.5 Å². The van der Waals surface area contributed by atoms with E-state index in [2.05, 4.69) is 26.7 Å². The van der Waals surface area contributed by atoms with Crippen molar-refractivity contribution in [1.29, 1.82) is 0 Å². The van der Waals surface area contributed by atoms with Crippen LogP contribution < -0.4 is 4.74 Å². The topological polar surface area (TPSA) is 83.9 Å². The number of benzene rings is 2. The van der Waals surface area contributed by atoms with Crippen molar-refractivity contribution in [2.24, 2.45) is 0 Å². The third-order valence-electron chi connectivity index (χ3n) is 7.58. The predicted molar refractivity (Wildman–Crippen MR) is 142 cm³/mol. The van der Waals surface area contributed by atoms with Gasteiger partial charge in [-0.2, -0.15) is 26.3 Å². The van der Waals surface area contributed by atoms with Crippen LogP contribution in [-0.2, 0) is 11.8 Å². The molecule has 0 saturated heterocycles. The van der Waals surface area contributed by atoms with Crippen LogP contribution in [0.25, 0.3) is 6.08 Å². The average molecular weight is 585 g/mol. The molecule has 0 amide bonds. The Labute approximate surface area is 234 Å². The van der Waals surface area contributed by atoms with Gasteiger partial charge in [-0.05, 0) is 89.9 Å². The molecule has 0 spiro atoms. The van der Waals surface area contributed by atoms with E-state index in [9.17, 15) is 31.4 Å². The maximum atomic E-state index is 13.1. The van der Waals surface area contributed by atoms with Crippen LogP contribution in [0.3, 0.4) is 0 Å². The number of nitrogens with one attached hydrogen (secondary N) is 1. The first kappa shape index (κ1) is 32.1. The zero-order chi connectivity index (χ0) is 30.5. The molecule has 12 heteroatoms. The summed E-state index contributed by atoms with van der Waals surface area (Å²) in [6.45, 7) is 8.16. The van der Waals surface area contributed by atoms with Gasteiger partial charge in [-0.1, -0.05) is 50.3 Å². The van der Waals surface area contributed by atoms with E-state index in [1.165, 1.54) is 6.07 Å². The Morgan fingerprint density at radius 3 is 2.00 bits per heavy atom. The van der Waals surface area contributed by atoms with Crippen LogP contribution >= 0.6 is 0 Å². The summed E-state index contributed by atoms with van der Waals surface area (Å²) in [5.74, 6) is 1.49. The highest BCUT2D eigenvalue weighted by atomic mass is 19.4. The smallest absolute Gasteiger partial charge is 0.430 e. The molecule has 0 aliphatic carbocycles. The lowest BCUT2D eigenvalue weighted by atomic mass is 9.70. The number of H-pyrrole nitrogens is 1. The standard InChI is InChI=1S/C29H34F6N4O2/c1-5-26(6-2,23-12-13-24(20(4)18-23)41-16-8-7-9-25-36-38-39-37-25)22-11-10-21(19(3)17-22)14-15-27(40,28(30,31)32)29(33,34)35/h10-15,17-18,40H,5-9,16H2,1-4H3,(H,36,37,38,39). The van der Waals surface area contributed by atoms with Crippen molar-refractivity contribution >= 4 is 6.08 Å². The number of rotatable bonds is 12. The Morgan fingerprint density at radius 2 is 1.49 bits per heavy atom. The summed E-state index contributed by atoms with van der Waals surface area (Å²) in [7, 11) is 0. The van der Waals surface area contributed by atoms with E-state index < -0.39 is 23.4 Å². The lowest BCUT2D eigenvalue weighted by Crippen LogP contribution is -2.55. The third kappa shape index (κ3) is 6.91. The van der Waals surface area contributed by atoms with Crippen molar-refractivity contribution in [2.75, 3.05) is 6.61 Å². The van der Waals surface area contributed by atoms with Crippen LogP contribution in [-0.4, -0.2) is 50.3 Å². The van der Waals surface area contributed by atoms with E-state index in [0.717, 1.165) is 47.5 Å². The Kier molecular flexibility index (Phi) is 9.89. The van der Waals surface area contributed by atoms with Crippen molar-refractivity contribution < 1.29 is 36.2 Å². The highest BCUT2D eigenvalue weighted by molar-refractivity contribution is 5.57. The van der Waals surface area contributed by atoms with Gasteiger partial charge in [0.15, 0.2) is 0 Å². The van der Waals surface area contributed by atoms with Gasteiger partial charge >= 0.3 is 12.4 Å². The van der Waals surface area contributed by atoms with Gasteiger partial charge in [-0.25, -0.2) is 5.10 Å². The Balaban J connectivity index is 1.81. The van der Waals surface area contributed by atoms with Gasteiger partial charge < -0.3 is 9.84 Å². The lowest BCUT2D eigenvalue weighted by Gasteiger charge is -2.34. The summed E-state index contributed by atoms with van der Waals surface area (Å²) in [6, 6.07) is 10.9. The molecule has 0 radical (unpaired) electrons. The molecular weight excluding hydrogens is 550 g/mol. The summed E-state index contributed by atoms with van der Waals surface area (Å²) < 4.78 is 84.5. The van der Waals surface area contributed by atoms with Gasteiger partial charge in [-0.3, -0.25) is 0 Å². The van der Waals surface area contributed by atoms with Crippen molar-refractivity contribution in [2.45, 2.75) is 83.2 Å². The molecule has 224 valence electrons. The zero-order valence-corrected chi connectivity index (χ0v) is 23.3. The molecule has 0 fully saturated rings. The number of alkyl halides is 6. The van der Waals surface area contributed by atoms with E-state index in [1.54, 1.807) is 19.1 Å². The molecule has 1 aromatic heterocycles. The first-order chi connectivity index (χ1) is 19.2. The Bertz CT molecular complexity index is 1300. The maximum Gasteiger partial charge on any atom is 0.430 e. The van der Waals surface area contributed by atoms with E-state index in [0.29, 0.717) is 31.1 Å². The fourth-order valence-electron chi connectivity index (χ4n) is 4.92. The molecule has 1 heterocycles. The molecule has 0 aliphatic heterocycles. The molecule has 0 saturated carbocycles. The second-order valence-corrected chi connectivity index (χ2v) is 10.1. The van der Waals surface area contributed by atoms with E-state index >= 15 is 0 Å². The highest BCUT2D eigenvalue weighted by Crippen LogP contribution is 2.45. The normalized spacial score (nSPS) is 13.2. The molecule has 2 aromatic carbocycles. The summed E-state index contributed by atoms with van der Waals surface area (Å²) in [4.78, 5) is 0.